The number of hydrogen-bond acceptors (Lipinski definition) is 4. The zero-order valence-electron chi connectivity index (χ0n) is 17.6. The van der Waals surface area contributed by atoms with E-state index in [2.05, 4.69) is 32.9 Å². The number of fused-ring (bicyclic) bond motifs is 4. The van der Waals surface area contributed by atoms with E-state index in [1.165, 1.54) is 6.42 Å². The van der Waals surface area contributed by atoms with E-state index in [4.69, 9.17) is 9.47 Å². The molecule has 150 valence electrons. The summed E-state index contributed by atoms with van der Waals surface area (Å²) in [5.74, 6) is -0.374. The van der Waals surface area contributed by atoms with Crippen molar-refractivity contribution in [2.24, 2.45) is 40.4 Å². The molecule has 4 nitrogen and oxygen atoms in total. The van der Waals surface area contributed by atoms with Gasteiger partial charge in [-0.05, 0) is 69.6 Å². The lowest BCUT2D eigenvalue weighted by atomic mass is 9.70. The molecule has 0 amide bonds. The van der Waals surface area contributed by atoms with Crippen molar-refractivity contribution >= 4 is 11.9 Å². The Morgan fingerprint density at radius 1 is 0.963 bits per heavy atom. The highest BCUT2D eigenvalue weighted by Crippen LogP contribution is 2.66. The Morgan fingerprint density at radius 2 is 1.56 bits per heavy atom. The summed E-state index contributed by atoms with van der Waals surface area (Å²) in [6.45, 7) is 12.5. The minimum atomic E-state index is -0.542. The Morgan fingerprint density at radius 3 is 2.04 bits per heavy atom. The summed E-state index contributed by atoms with van der Waals surface area (Å²) < 4.78 is 11.8. The second kappa shape index (κ2) is 5.84. The summed E-state index contributed by atoms with van der Waals surface area (Å²) in [5, 5.41) is 0. The van der Waals surface area contributed by atoms with Gasteiger partial charge in [-0.1, -0.05) is 32.9 Å². The Labute approximate surface area is 163 Å². The highest BCUT2D eigenvalue weighted by atomic mass is 16.6. The van der Waals surface area contributed by atoms with Crippen LogP contribution in [0.1, 0.15) is 67.2 Å². The van der Waals surface area contributed by atoms with Crippen molar-refractivity contribution in [2.75, 3.05) is 0 Å². The van der Waals surface area contributed by atoms with Crippen LogP contribution < -0.4 is 0 Å². The molecule has 0 aromatic rings. The highest BCUT2D eigenvalue weighted by Gasteiger charge is 2.63. The normalized spacial score (nSPS) is 43.9. The molecule has 0 spiro atoms. The molecule has 27 heavy (non-hydrogen) atoms. The van der Waals surface area contributed by atoms with Gasteiger partial charge >= 0.3 is 11.9 Å². The van der Waals surface area contributed by atoms with Crippen LogP contribution in [0, 0.1) is 40.4 Å². The topological polar surface area (TPSA) is 52.6 Å². The van der Waals surface area contributed by atoms with E-state index in [0.717, 1.165) is 19.3 Å². The lowest BCUT2D eigenvalue weighted by molar-refractivity contribution is -0.174. The molecule has 0 saturated heterocycles. The zero-order chi connectivity index (χ0) is 19.8. The van der Waals surface area contributed by atoms with Gasteiger partial charge in [0.1, 0.15) is 11.7 Å². The number of carbonyl (C=O) groups is 2. The standard InChI is InChI=1S/C23H34O4/c1-21(2,3)27-20(25)18-14-8-7-13(11-14)17(18)19(24)26-16-12-15-9-10-23(16,6)22(15,4)5/h7-8,13-18H,9-12H2,1-6H3/t13-,14+,15+,16-,17-,18+,23-/m1/s1. The van der Waals surface area contributed by atoms with Crippen LogP contribution in [0.4, 0.5) is 0 Å². The molecule has 7 atom stereocenters. The third-order valence-electron chi connectivity index (χ3n) is 8.38. The average molecular weight is 375 g/mol. The van der Waals surface area contributed by atoms with Gasteiger partial charge in [-0.25, -0.2) is 0 Å². The summed E-state index contributed by atoms with van der Waals surface area (Å²) in [6.07, 6.45) is 8.34. The molecule has 0 N–H and O–H groups in total. The molecule has 0 aromatic carbocycles. The van der Waals surface area contributed by atoms with Crippen molar-refractivity contribution < 1.29 is 19.1 Å². The third kappa shape index (κ3) is 2.77. The number of rotatable bonds is 3. The van der Waals surface area contributed by atoms with Crippen LogP contribution >= 0.6 is 0 Å². The third-order valence-corrected chi connectivity index (χ3v) is 8.38. The fourth-order valence-corrected chi connectivity index (χ4v) is 6.36. The van der Waals surface area contributed by atoms with Gasteiger partial charge in [0.15, 0.2) is 0 Å². The second-order valence-electron chi connectivity index (χ2n) is 11.1. The van der Waals surface area contributed by atoms with Crippen LogP contribution in [0.5, 0.6) is 0 Å². The quantitative estimate of drug-likeness (QED) is 0.538. The molecule has 0 aliphatic heterocycles. The van der Waals surface area contributed by atoms with Gasteiger partial charge in [0.25, 0.3) is 0 Å². The first-order chi connectivity index (χ1) is 12.4. The van der Waals surface area contributed by atoms with E-state index in [1.54, 1.807) is 0 Å². The van der Waals surface area contributed by atoms with E-state index in [0.29, 0.717) is 5.92 Å². The lowest BCUT2D eigenvalue weighted by Gasteiger charge is -2.39. The summed E-state index contributed by atoms with van der Waals surface area (Å²) in [5.41, 5.74) is -0.293. The second-order valence-corrected chi connectivity index (χ2v) is 11.1. The lowest BCUT2D eigenvalue weighted by Crippen LogP contribution is -2.43. The van der Waals surface area contributed by atoms with Crippen LogP contribution in [-0.4, -0.2) is 23.6 Å². The first-order valence-electron chi connectivity index (χ1n) is 10.6. The smallest absolute Gasteiger partial charge is 0.310 e. The molecule has 4 bridgehead atoms. The fraction of sp³-hybridized carbons (Fsp3) is 0.826. The molecule has 0 radical (unpaired) electrons. The first kappa shape index (κ1) is 19.0. The number of esters is 2. The Bertz CT molecular complexity index is 685. The Kier molecular flexibility index (Phi) is 4.11. The molecular weight excluding hydrogens is 340 g/mol. The minimum absolute atomic E-state index is 0.0267. The highest BCUT2D eigenvalue weighted by molar-refractivity contribution is 5.84. The molecule has 0 aromatic heterocycles. The van der Waals surface area contributed by atoms with Crippen molar-refractivity contribution in [1.82, 2.24) is 0 Å². The molecule has 3 fully saturated rings. The molecule has 4 aliphatic rings. The van der Waals surface area contributed by atoms with Crippen LogP contribution in [-0.2, 0) is 19.1 Å². The van der Waals surface area contributed by atoms with Crippen LogP contribution in [0.15, 0.2) is 12.2 Å². The maximum absolute atomic E-state index is 13.2. The van der Waals surface area contributed by atoms with Crippen molar-refractivity contribution in [3.63, 3.8) is 0 Å². The van der Waals surface area contributed by atoms with E-state index in [-0.39, 0.29) is 46.6 Å². The van der Waals surface area contributed by atoms with Gasteiger partial charge in [0, 0.05) is 5.41 Å². The Hall–Kier alpha value is -1.32. The molecule has 0 heterocycles. The number of allylic oxidation sites excluding steroid dienone is 2. The summed E-state index contributed by atoms with van der Waals surface area (Å²) >= 11 is 0. The van der Waals surface area contributed by atoms with Crippen LogP contribution in [0.25, 0.3) is 0 Å². The Balaban J connectivity index is 1.51. The summed E-state index contributed by atoms with van der Waals surface area (Å²) in [4.78, 5) is 26.1. The van der Waals surface area contributed by atoms with E-state index >= 15 is 0 Å². The van der Waals surface area contributed by atoms with Crippen LogP contribution in [0.2, 0.25) is 0 Å². The SMILES string of the molecule is CC(C)(C)OC(=O)[C@@H]1[C@H](C(=O)O[C@@H]2C[C@@H]3CC[C@@]2(C)C3(C)C)[C@@H]2C=C[C@H]1C2. The fourth-order valence-electron chi connectivity index (χ4n) is 6.36. The molecule has 4 rings (SSSR count). The van der Waals surface area contributed by atoms with Gasteiger partial charge < -0.3 is 9.47 Å². The van der Waals surface area contributed by atoms with E-state index < -0.39 is 11.5 Å². The predicted molar refractivity (Wildman–Crippen MR) is 103 cm³/mol. The molecule has 3 saturated carbocycles. The molecular formula is C23H34O4. The minimum Gasteiger partial charge on any atom is -0.462 e. The molecule has 4 heteroatoms. The largest absolute Gasteiger partial charge is 0.462 e. The average Bonchev–Trinajstić information content (AvgIpc) is 3.24. The number of ether oxygens (including phenoxy) is 2. The number of hydrogen-bond donors (Lipinski definition) is 0. The number of carbonyl (C=O) groups excluding carboxylic acids is 2. The maximum Gasteiger partial charge on any atom is 0.310 e. The van der Waals surface area contributed by atoms with Gasteiger partial charge in [-0.2, -0.15) is 0 Å². The van der Waals surface area contributed by atoms with Crippen molar-refractivity contribution in [2.45, 2.75) is 78.9 Å². The molecule has 0 unspecified atom stereocenters. The first-order valence-corrected chi connectivity index (χ1v) is 10.6. The predicted octanol–water partition coefficient (Wildman–Crippen LogP) is 4.52. The monoisotopic (exact) mass is 374 g/mol. The van der Waals surface area contributed by atoms with Crippen LogP contribution in [0.3, 0.4) is 0 Å². The van der Waals surface area contributed by atoms with Crippen molar-refractivity contribution in [3.8, 4) is 0 Å². The van der Waals surface area contributed by atoms with Gasteiger partial charge in [0.2, 0.25) is 0 Å². The molecule has 4 aliphatic carbocycles. The van der Waals surface area contributed by atoms with Gasteiger partial charge in [0.05, 0.1) is 11.8 Å². The van der Waals surface area contributed by atoms with Gasteiger partial charge in [-0.3, -0.25) is 9.59 Å². The van der Waals surface area contributed by atoms with Crippen molar-refractivity contribution in [3.05, 3.63) is 12.2 Å². The van der Waals surface area contributed by atoms with Gasteiger partial charge in [-0.15, -0.1) is 0 Å². The summed E-state index contributed by atoms with van der Waals surface area (Å²) in [7, 11) is 0. The van der Waals surface area contributed by atoms with Crippen molar-refractivity contribution in [1.29, 1.82) is 0 Å². The van der Waals surface area contributed by atoms with E-state index in [9.17, 15) is 9.59 Å². The maximum atomic E-state index is 13.2. The van der Waals surface area contributed by atoms with E-state index in [1.807, 2.05) is 20.8 Å². The zero-order valence-corrected chi connectivity index (χ0v) is 17.6. The summed E-state index contributed by atoms with van der Waals surface area (Å²) in [6, 6.07) is 0.